The number of fused-ring (bicyclic) bond motifs is 3. The molecule has 7 nitrogen and oxygen atoms in total. The van der Waals surface area contributed by atoms with Gasteiger partial charge in [0.25, 0.3) is 0 Å². The minimum atomic E-state index is -0.761. The number of aromatic nitrogens is 1. The van der Waals surface area contributed by atoms with Crippen molar-refractivity contribution in [1.29, 1.82) is 0 Å². The molecule has 3 aromatic carbocycles. The number of hydrogen-bond donors (Lipinski definition) is 0. The molecular weight excluding hydrogens is 524 g/mol. The highest BCUT2D eigenvalue weighted by Gasteiger charge is 2.49. The molecular formula is C35H38N4O3. The zero-order valence-corrected chi connectivity index (χ0v) is 24.1. The molecule has 7 heteroatoms. The predicted molar refractivity (Wildman–Crippen MR) is 165 cm³/mol. The highest BCUT2D eigenvalue weighted by molar-refractivity contribution is 5.94. The second-order valence-corrected chi connectivity index (χ2v) is 11.6. The Morgan fingerprint density at radius 3 is 2.14 bits per heavy atom. The van der Waals surface area contributed by atoms with Crippen LogP contribution in [0.1, 0.15) is 30.4 Å². The van der Waals surface area contributed by atoms with E-state index < -0.39 is 5.41 Å². The Kier molecular flexibility index (Phi) is 7.53. The lowest BCUT2D eigenvalue weighted by Gasteiger charge is -2.43. The number of unbranched alkanes of at least 4 members (excludes halogenated alkanes) is 1. The van der Waals surface area contributed by atoms with Crippen molar-refractivity contribution in [2.24, 2.45) is 0 Å². The van der Waals surface area contributed by atoms with Crippen LogP contribution in [0.25, 0.3) is 10.9 Å². The van der Waals surface area contributed by atoms with Gasteiger partial charge in [-0.25, -0.2) is 4.98 Å². The summed E-state index contributed by atoms with van der Waals surface area (Å²) in [6, 6.07) is 28.8. The molecule has 0 saturated carbocycles. The van der Waals surface area contributed by atoms with Gasteiger partial charge in [0.1, 0.15) is 22.7 Å². The molecule has 3 aliphatic heterocycles. The zero-order valence-electron chi connectivity index (χ0n) is 24.1. The maximum Gasteiger partial charge on any atom is 0.238 e. The van der Waals surface area contributed by atoms with Gasteiger partial charge in [-0.15, -0.1) is 0 Å². The number of morpholine rings is 1. The quantitative estimate of drug-likeness (QED) is 0.278. The van der Waals surface area contributed by atoms with Gasteiger partial charge in [-0.05, 0) is 49.7 Å². The Morgan fingerprint density at radius 1 is 0.738 bits per heavy atom. The van der Waals surface area contributed by atoms with E-state index in [0.29, 0.717) is 26.3 Å². The fraction of sp³-hybridized carbons (Fsp3) is 0.371. The molecule has 0 spiro atoms. The molecule has 1 aromatic heterocycles. The molecule has 216 valence electrons. The van der Waals surface area contributed by atoms with Crippen molar-refractivity contribution in [2.75, 3.05) is 63.9 Å². The third-order valence-electron chi connectivity index (χ3n) is 9.13. The summed E-state index contributed by atoms with van der Waals surface area (Å²) in [5.41, 5.74) is 2.26. The van der Waals surface area contributed by atoms with E-state index in [1.54, 1.807) is 0 Å². The molecule has 0 unspecified atom stereocenters. The second kappa shape index (κ2) is 11.7. The molecule has 2 fully saturated rings. The molecule has 4 aromatic rings. The van der Waals surface area contributed by atoms with Gasteiger partial charge in [-0.2, -0.15) is 0 Å². The number of benzene rings is 3. The Morgan fingerprint density at radius 2 is 1.40 bits per heavy atom. The number of ether oxygens (including phenoxy) is 2. The first-order chi connectivity index (χ1) is 20.7. The molecule has 0 N–H and O–H groups in total. The SMILES string of the molecule is O=C(N1CCOCC1)C1(CCCCN2CCN(c3ccc4ccccc4n3)CC2)c2ccccc2Oc2ccccc21. The van der Waals surface area contributed by atoms with Crippen molar-refractivity contribution in [3.63, 3.8) is 0 Å². The number of anilines is 1. The number of rotatable bonds is 7. The summed E-state index contributed by atoms with van der Waals surface area (Å²) in [6.45, 7) is 7.44. The maximum absolute atomic E-state index is 14.5. The summed E-state index contributed by atoms with van der Waals surface area (Å²) in [5.74, 6) is 2.81. The largest absolute Gasteiger partial charge is 0.457 e. The first-order valence-corrected chi connectivity index (χ1v) is 15.3. The molecule has 0 bridgehead atoms. The lowest BCUT2D eigenvalue weighted by molar-refractivity contribution is -0.140. The first-order valence-electron chi connectivity index (χ1n) is 15.3. The van der Waals surface area contributed by atoms with Gasteiger partial charge in [-0.3, -0.25) is 9.69 Å². The number of carbonyl (C=O) groups excluding carboxylic acids is 1. The van der Waals surface area contributed by atoms with E-state index in [4.69, 9.17) is 14.5 Å². The number of pyridine rings is 1. The van der Waals surface area contributed by atoms with Crippen molar-refractivity contribution in [2.45, 2.75) is 24.7 Å². The molecule has 7 rings (SSSR count). The van der Waals surface area contributed by atoms with E-state index in [-0.39, 0.29) is 5.91 Å². The maximum atomic E-state index is 14.5. The van der Waals surface area contributed by atoms with Crippen LogP contribution in [0.2, 0.25) is 0 Å². The van der Waals surface area contributed by atoms with Gasteiger partial charge in [0, 0.05) is 55.8 Å². The highest BCUT2D eigenvalue weighted by atomic mass is 16.5. The number of para-hydroxylation sites is 3. The summed E-state index contributed by atoms with van der Waals surface area (Å²) in [5, 5.41) is 1.18. The third-order valence-corrected chi connectivity index (χ3v) is 9.13. The molecule has 42 heavy (non-hydrogen) atoms. The van der Waals surface area contributed by atoms with Crippen LogP contribution in [-0.4, -0.2) is 79.7 Å². The van der Waals surface area contributed by atoms with E-state index in [0.717, 1.165) is 85.9 Å². The Hall–Kier alpha value is -3.94. The first kappa shape index (κ1) is 26.9. The zero-order chi connectivity index (χ0) is 28.4. The van der Waals surface area contributed by atoms with Gasteiger partial charge >= 0.3 is 0 Å². The molecule has 2 saturated heterocycles. The standard InChI is InChI=1S/C35H38N4O3/c40-34(39-23-25-41-26-24-39)35(28-10-2-5-13-31(28)42-32-14-6-3-11-29(32)35)17-7-8-18-37-19-21-38(22-20-37)33-16-15-27-9-1-4-12-30(27)36-33/h1-6,9-16H,7-8,17-26H2. The van der Waals surface area contributed by atoms with Crippen LogP contribution in [0.15, 0.2) is 84.9 Å². The summed E-state index contributed by atoms with van der Waals surface area (Å²) in [7, 11) is 0. The van der Waals surface area contributed by atoms with Gasteiger partial charge in [0.2, 0.25) is 5.91 Å². The Labute approximate surface area is 247 Å². The van der Waals surface area contributed by atoms with Crippen molar-refractivity contribution in [1.82, 2.24) is 14.8 Å². The molecule has 4 heterocycles. The van der Waals surface area contributed by atoms with Crippen LogP contribution in [0, 0.1) is 0 Å². The molecule has 3 aliphatic rings. The van der Waals surface area contributed by atoms with E-state index in [1.807, 2.05) is 47.4 Å². The molecule has 0 radical (unpaired) electrons. The smallest absolute Gasteiger partial charge is 0.238 e. The monoisotopic (exact) mass is 562 g/mol. The van der Waals surface area contributed by atoms with Gasteiger partial charge in [0.15, 0.2) is 0 Å². The fourth-order valence-electron chi connectivity index (χ4n) is 6.88. The van der Waals surface area contributed by atoms with Crippen molar-refractivity contribution in [3.8, 4) is 11.5 Å². The van der Waals surface area contributed by atoms with E-state index in [9.17, 15) is 4.79 Å². The van der Waals surface area contributed by atoms with Crippen molar-refractivity contribution < 1.29 is 14.3 Å². The lowest BCUT2D eigenvalue weighted by atomic mass is 9.68. The number of piperazine rings is 1. The summed E-state index contributed by atoms with van der Waals surface area (Å²) < 4.78 is 11.9. The molecule has 0 atom stereocenters. The Balaban J connectivity index is 1.05. The van der Waals surface area contributed by atoms with E-state index in [1.165, 1.54) is 5.39 Å². The van der Waals surface area contributed by atoms with Gasteiger partial charge < -0.3 is 19.3 Å². The van der Waals surface area contributed by atoms with E-state index >= 15 is 0 Å². The number of carbonyl (C=O) groups is 1. The summed E-state index contributed by atoms with van der Waals surface area (Å²) in [6.07, 6.45) is 2.74. The normalized spacial score (nSPS) is 18.3. The second-order valence-electron chi connectivity index (χ2n) is 11.6. The van der Waals surface area contributed by atoms with Crippen LogP contribution < -0.4 is 9.64 Å². The summed E-state index contributed by atoms with van der Waals surface area (Å²) in [4.78, 5) is 26.4. The molecule has 1 amide bonds. The third kappa shape index (κ3) is 5.01. The minimum absolute atomic E-state index is 0.172. The van der Waals surface area contributed by atoms with Crippen LogP contribution >= 0.6 is 0 Å². The highest BCUT2D eigenvalue weighted by Crippen LogP contribution is 2.51. The van der Waals surface area contributed by atoms with Crippen molar-refractivity contribution in [3.05, 3.63) is 96.1 Å². The lowest BCUT2D eigenvalue weighted by Crippen LogP contribution is -2.52. The number of nitrogens with zero attached hydrogens (tertiary/aromatic N) is 4. The minimum Gasteiger partial charge on any atom is -0.457 e. The van der Waals surface area contributed by atoms with Crippen LogP contribution in [-0.2, 0) is 14.9 Å². The Bertz CT molecular complexity index is 1510. The number of hydrogen-bond acceptors (Lipinski definition) is 6. The average molecular weight is 563 g/mol. The van der Waals surface area contributed by atoms with Crippen LogP contribution in [0.3, 0.4) is 0 Å². The number of amides is 1. The average Bonchev–Trinajstić information content (AvgIpc) is 3.06. The van der Waals surface area contributed by atoms with Crippen LogP contribution in [0.5, 0.6) is 11.5 Å². The molecule has 0 aliphatic carbocycles. The fourth-order valence-corrected chi connectivity index (χ4v) is 6.88. The summed E-state index contributed by atoms with van der Waals surface area (Å²) >= 11 is 0. The van der Waals surface area contributed by atoms with Crippen molar-refractivity contribution >= 4 is 22.6 Å². The van der Waals surface area contributed by atoms with Gasteiger partial charge in [-0.1, -0.05) is 61.0 Å². The predicted octanol–water partition coefficient (Wildman–Crippen LogP) is 5.48. The van der Waals surface area contributed by atoms with Gasteiger partial charge in [0.05, 0.1) is 18.7 Å². The van der Waals surface area contributed by atoms with E-state index in [2.05, 4.69) is 52.3 Å². The topological polar surface area (TPSA) is 58.1 Å². The van der Waals surface area contributed by atoms with Crippen LogP contribution in [0.4, 0.5) is 5.82 Å².